The summed E-state index contributed by atoms with van der Waals surface area (Å²) in [5.74, 6) is -0.276. The van der Waals surface area contributed by atoms with Crippen LogP contribution >= 0.6 is 15.9 Å². The van der Waals surface area contributed by atoms with Crippen molar-refractivity contribution in [1.29, 1.82) is 0 Å². The van der Waals surface area contributed by atoms with Crippen LogP contribution in [0.2, 0.25) is 0 Å². The third-order valence-electron chi connectivity index (χ3n) is 2.75. The van der Waals surface area contributed by atoms with Crippen molar-refractivity contribution in [1.82, 2.24) is 0 Å². The van der Waals surface area contributed by atoms with Gasteiger partial charge in [-0.05, 0) is 65.2 Å². The van der Waals surface area contributed by atoms with Crippen LogP contribution in [0.1, 0.15) is 11.1 Å². The second-order valence-electron chi connectivity index (χ2n) is 4.30. The molecule has 4 heteroatoms. The van der Waals surface area contributed by atoms with Crippen molar-refractivity contribution in [2.45, 2.75) is 13.8 Å². The van der Waals surface area contributed by atoms with Crippen LogP contribution in [0, 0.1) is 19.7 Å². The zero-order valence-corrected chi connectivity index (χ0v) is 11.8. The molecule has 2 aromatic rings. The Morgan fingerprint density at radius 1 is 1.11 bits per heavy atom. The molecule has 0 radical (unpaired) electrons. The van der Waals surface area contributed by atoms with Crippen LogP contribution in [-0.2, 0) is 0 Å². The fourth-order valence-electron chi connectivity index (χ4n) is 1.67. The molecule has 0 saturated carbocycles. The Labute approximate surface area is 114 Å². The average Bonchev–Trinajstić information content (AvgIpc) is 2.30. The van der Waals surface area contributed by atoms with Crippen molar-refractivity contribution < 1.29 is 4.39 Å². The molecule has 2 rings (SSSR count). The van der Waals surface area contributed by atoms with Crippen LogP contribution in [-0.4, -0.2) is 0 Å². The molecule has 3 N–H and O–H groups in total. The van der Waals surface area contributed by atoms with Gasteiger partial charge in [-0.1, -0.05) is 6.07 Å². The highest BCUT2D eigenvalue weighted by atomic mass is 79.9. The zero-order valence-electron chi connectivity index (χ0n) is 10.2. The quantitative estimate of drug-likeness (QED) is 0.800. The molecule has 18 heavy (non-hydrogen) atoms. The molecule has 2 aromatic carbocycles. The van der Waals surface area contributed by atoms with Gasteiger partial charge in [0.05, 0.1) is 11.4 Å². The normalized spacial score (nSPS) is 10.4. The molecule has 0 bridgehead atoms. The topological polar surface area (TPSA) is 38.0 Å². The van der Waals surface area contributed by atoms with Crippen molar-refractivity contribution in [3.8, 4) is 0 Å². The Balaban J connectivity index is 2.40. The molecule has 0 aliphatic rings. The van der Waals surface area contributed by atoms with Crippen LogP contribution < -0.4 is 11.1 Å². The number of hydrogen-bond acceptors (Lipinski definition) is 2. The lowest BCUT2D eigenvalue weighted by molar-refractivity contribution is 0.631. The second kappa shape index (κ2) is 4.98. The fourth-order valence-corrected chi connectivity index (χ4v) is 2.13. The summed E-state index contributed by atoms with van der Waals surface area (Å²) in [6, 6.07) is 8.67. The first-order chi connectivity index (χ1) is 8.47. The minimum Gasteiger partial charge on any atom is -0.398 e. The maximum atomic E-state index is 13.7. The number of nitrogens with two attached hydrogens (primary N) is 1. The Morgan fingerprint density at radius 2 is 1.83 bits per heavy atom. The third-order valence-corrected chi connectivity index (χ3v) is 3.40. The maximum Gasteiger partial charge on any atom is 0.146 e. The number of aryl methyl sites for hydroxylation is 2. The maximum absolute atomic E-state index is 13.7. The summed E-state index contributed by atoms with van der Waals surface area (Å²) in [6.07, 6.45) is 0. The van der Waals surface area contributed by atoms with Gasteiger partial charge in [0.1, 0.15) is 5.82 Å². The van der Waals surface area contributed by atoms with Gasteiger partial charge < -0.3 is 11.1 Å². The van der Waals surface area contributed by atoms with Gasteiger partial charge in [-0.3, -0.25) is 0 Å². The van der Waals surface area contributed by atoms with Crippen molar-refractivity contribution in [3.05, 3.63) is 51.7 Å². The Hall–Kier alpha value is -1.55. The lowest BCUT2D eigenvalue weighted by Gasteiger charge is -2.12. The number of anilines is 3. The van der Waals surface area contributed by atoms with Gasteiger partial charge in [0, 0.05) is 10.2 Å². The van der Waals surface area contributed by atoms with Gasteiger partial charge in [0.2, 0.25) is 0 Å². The Kier molecular flexibility index (Phi) is 3.57. The standard InChI is InChI=1S/C14H14BrFN2/c1-8-3-4-11(16)14(5-8)18-13-6-9(2)12(17)7-10(13)15/h3-7,18H,17H2,1-2H3. The van der Waals surface area contributed by atoms with E-state index in [4.69, 9.17) is 5.73 Å². The molecule has 94 valence electrons. The zero-order chi connectivity index (χ0) is 13.3. The monoisotopic (exact) mass is 308 g/mol. The van der Waals surface area contributed by atoms with Gasteiger partial charge >= 0.3 is 0 Å². The molecular weight excluding hydrogens is 295 g/mol. The molecule has 0 aliphatic carbocycles. The minimum absolute atomic E-state index is 0.276. The summed E-state index contributed by atoms with van der Waals surface area (Å²) < 4.78 is 14.5. The number of halogens is 2. The molecule has 0 spiro atoms. The number of rotatable bonds is 2. The molecule has 0 amide bonds. The average molecular weight is 309 g/mol. The lowest BCUT2D eigenvalue weighted by atomic mass is 10.1. The highest BCUT2D eigenvalue weighted by molar-refractivity contribution is 9.10. The van der Waals surface area contributed by atoms with E-state index < -0.39 is 0 Å². The molecule has 0 unspecified atom stereocenters. The number of hydrogen-bond donors (Lipinski definition) is 2. The first kappa shape index (κ1) is 12.9. The highest BCUT2D eigenvalue weighted by Crippen LogP contribution is 2.31. The number of nitrogen functional groups attached to an aromatic ring is 1. The third kappa shape index (κ3) is 2.64. The van der Waals surface area contributed by atoms with Crippen molar-refractivity contribution in [2.75, 3.05) is 11.1 Å². The summed E-state index contributed by atoms with van der Waals surface area (Å²) >= 11 is 3.42. The van der Waals surface area contributed by atoms with Crippen LogP contribution in [0.4, 0.5) is 21.5 Å². The van der Waals surface area contributed by atoms with E-state index in [9.17, 15) is 4.39 Å². The molecule has 0 fully saturated rings. The summed E-state index contributed by atoms with van der Waals surface area (Å²) in [5, 5.41) is 3.07. The van der Waals surface area contributed by atoms with E-state index in [0.717, 1.165) is 21.3 Å². The second-order valence-corrected chi connectivity index (χ2v) is 5.15. The first-order valence-corrected chi connectivity index (χ1v) is 6.35. The van der Waals surface area contributed by atoms with Gasteiger partial charge in [0.25, 0.3) is 0 Å². The number of benzene rings is 2. The molecule has 0 heterocycles. The Bertz CT molecular complexity index is 597. The van der Waals surface area contributed by atoms with E-state index in [-0.39, 0.29) is 5.82 Å². The van der Waals surface area contributed by atoms with Gasteiger partial charge in [0.15, 0.2) is 0 Å². The summed E-state index contributed by atoms with van der Waals surface area (Å²) in [7, 11) is 0. The van der Waals surface area contributed by atoms with Gasteiger partial charge in [-0.25, -0.2) is 4.39 Å². The van der Waals surface area contributed by atoms with Crippen LogP contribution in [0.5, 0.6) is 0 Å². The van der Waals surface area contributed by atoms with Crippen LogP contribution in [0.25, 0.3) is 0 Å². The smallest absolute Gasteiger partial charge is 0.146 e. The molecular formula is C14H14BrFN2. The summed E-state index contributed by atoms with van der Waals surface area (Å²) in [4.78, 5) is 0. The predicted octanol–water partition coefficient (Wildman–Crippen LogP) is 4.53. The van der Waals surface area contributed by atoms with E-state index in [1.165, 1.54) is 6.07 Å². The van der Waals surface area contributed by atoms with E-state index >= 15 is 0 Å². The summed E-state index contributed by atoms with van der Waals surface area (Å²) in [6.45, 7) is 3.84. The number of nitrogens with one attached hydrogen (secondary N) is 1. The predicted molar refractivity (Wildman–Crippen MR) is 77.7 cm³/mol. The molecule has 0 aliphatic heterocycles. The molecule has 0 atom stereocenters. The Morgan fingerprint density at radius 3 is 2.56 bits per heavy atom. The van der Waals surface area contributed by atoms with Crippen molar-refractivity contribution in [3.63, 3.8) is 0 Å². The van der Waals surface area contributed by atoms with E-state index in [1.54, 1.807) is 12.1 Å². The highest BCUT2D eigenvalue weighted by Gasteiger charge is 2.07. The van der Waals surface area contributed by atoms with Crippen LogP contribution in [0.15, 0.2) is 34.8 Å². The largest absolute Gasteiger partial charge is 0.398 e. The lowest BCUT2D eigenvalue weighted by Crippen LogP contribution is -1.98. The SMILES string of the molecule is Cc1ccc(F)c(Nc2cc(C)c(N)cc2Br)c1. The molecule has 0 saturated heterocycles. The first-order valence-electron chi connectivity index (χ1n) is 5.56. The molecule has 2 nitrogen and oxygen atoms in total. The van der Waals surface area contributed by atoms with Crippen LogP contribution in [0.3, 0.4) is 0 Å². The van der Waals surface area contributed by atoms with Gasteiger partial charge in [-0.2, -0.15) is 0 Å². The summed E-state index contributed by atoms with van der Waals surface area (Å²) in [5.41, 5.74) is 9.72. The van der Waals surface area contributed by atoms with Crippen molar-refractivity contribution >= 4 is 33.0 Å². The molecule has 0 aromatic heterocycles. The van der Waals surface area contributed by atoms with E-state index in [1.807, 2.05) is 26.0 Å². The van der Waals surface area contributed by atoms with Gasteiger partial charge in [-0.15, -0.1) is 0 Å². The minimum atomic E-state index is -0.276. The van der Waals surface area contributed by atoms with E-state index in [0.29, 0.717) is 11.4 Å². The van der Waals surface area contributed by atoms with Crippen molar-refractivity contribution in [2.24, 2.45) is 0 Å². The van der Waals surface area contributed by atoms with E-state index in [2.05, 4.69) is 21.2 Å². The fraction of sp³-hybridized carbons (Fsp3) is 0.143.